The highest BCUT2D eigenvalue weighted by Crippen LogP contribution is 2.28. The maximum absolute atomic E-state index is 13.0. The molecule has 0 saturated heterocycles. The van der Waals surface area contributed by atoms with Crippen LogP contribution in [-0.4, -0.2) is 22.7 Å². The average molecular weight is 291 g/mol. The SMILES string of the molecule is CCNC(C)C(c1nc(-c2ccc(F)cc2)no1)C(C)C. The van der Waals surface area contributed by atoms with E-state index in [1.807, 2.05) is 0 Å². The van der Waals surface area contributed by atoms with Gasteiger partial charge in [-0.05, 0) is 43.7 Å². The summed E-state index contributed by atoms with van der Waals surface area (Å²) >= 11 is 0. The first-order valence-electron chi connectivity index (χ1n) is 7.35. The van der Waals surface area contributed by atoms with E-state index in [2.05, 4.69) is 43.2 Å². The lowest BCUT2D eigenvalue weighted by molar-refractivity contribution is 0.281. The van der Waals surface area contributed by atoms with Crippen molar-refractivity contribution in [2.24, 2.45) is 5.92 Å². The number of likely N-dealkylation sites (N-methyl/N-ethyl adjacent to an activating group) is 1. The van der Waals surface area contributed by atoms with Gasteiger partial charge >= 0.3 is 0 Å². The number of rotatable bonds is 6. The predicted molar refractivity (Wildman–Crippen MR) is 80.4 cm³/mol. The molecule has 2 aromatic rings. The topological polar surface area (TPSA) is 51.0 Å². The zero-order valence-electron chi connectivity index (χ0n) is 12.9. The van der Waals surface area contributed by atoms with Gasteiger partial charge in [0, 0.05) is 11.6 Å². The minimum Gasteiger partial charge on any atom is -0.339 e. The summed E-state index contributed by atoms with van der Waals surface area (Å²) in [6, 6.07) is 6.35. The van der Waals surface area contributed by atoms with E-state index in [1.165, 1.54) is 12.1 Å². The number of benzene rings is 1. The highest BCUT2D eigenvalue weighted by atomic mass is 19.1. The molecule has 4 nitrogen and oxygen atoms in total. The van der Waals surface area contributed by atoms with E-state index in [4.69, 9.17) is 4.52 Å². The monoisotopic (exact) mass is 291 g/mol. The zero-order chi connectivity index (χ0) is 15.4. The molecule has 1 heterocycles. The third-order valence-electron chi connectivity index (χ3n) is 3.61. The quantitative estimate of drug-likeness (QED) is 0.883. The summed E-state index contributed by atoms with van der Waals surface area (Å²) in [6.07, 6.45) is 0. The fourth-order valence-electron chi connectivity index (χ4n) is 2.61. The highest BCUT2D eigenvalue weighted by Gasteiger charge is 2.28. The summed E-state index contributed by atoms with van der Waals surface area (Å²) in [4.78, 5) is 4.49. The van der Waals surface area contributed by atoms with Crippen molar-refractivity contribution in [3.8, 4) is 11.4 Å². The van der Waals surface area contributed by atoms with Gasteiger partial charge in [0.1, 0.15) is 5.82 Å². The third kappa shape index (κ3) is 3.67. The second-order valence-corrected chi connectivity index (χ2v) is 5.58. The van der Waals surface area contributed by atoms with Crippen LogP contribution < -0.4 is 5.32 Å². The van der Waals surface area contributed by atoms with E-state index < -0.39 is 0 Å². The Kier molecular flexibility index (Phi) is 5.07. The van der Waals surface area contributed by atoms with Crippen LogP contribution in [0, 0.1) is 11.7 Å². The van der Waals surface area contributed by atoms with Crippen LogP contribution in [0.25, 0.3) is 11.4 Å². The normalized spacial score (nSPS) is 14.4. The van der Waals surface area contributed by atoms with Gasteiger partial charge in [-0.15, -0.1) is 0 Å². The molecule has 1 N–H and O–H groups in total. The Labute approximate surface area is 124 Å². The van der Waals surface area contributed by atoms with Crippen LogP contribution in [0.15, 0.2) is 28.8 Å². The second kappa shape index (κ2) is 6.80. The molecule has 0 bridgehead atoms. The molecule has 0 saturated carbocycles. The molecular formula is C16H22FN3O. The molecular weight excluding hydrogens is 269 g/mol. The van der Waals surface area contributed by atoms with Crippen molar-refractivity contribution < 1.29 is 8.91 Å². The second-order valence-electron chi connectivity index (χ2n) is 5.58. The van der Waals surface area contributed by atoms with Crippen LogP contribution in [0.4, 0.5) is 4.39 Å². The van der Waals surface area contributed by atoms with Gasteiger partial charge in [0.05, 0.1) is 5.92 Å². The first-order valence-corrected chi connectivity index (χ1v) is 7.35. The van der Waals surface area contributed by atoms with Crippen molar-refractivity contribution in [1.82, 2.24) is 15.5 Å². The van der Waals surface area contributed by atoms with E-state index in [-0.39, 0.29) is 17.8 Å². The molecule has 1 aromatic carbocycles. The fourth-order valence-corrected chi connectivity index (χ4v) is 2.61. The molecule has 1 aromatic heterocycles. The van der Waals surface area contributed by atoms with Crippen molar-refractivity contribution in [2.75, 3.05) is 6.54 Å². The lowest BCUT2D eigenvalue weighted by Gasteiger charge is -2.24. The maximum atomic E-state index is 13.0. The molecule has 0 amide bonds. The van der Waals surface area contributed by atoms with Gasteiger partial charge in [0.25, 0.3) is 0 Å². The van der Waals surface area contributed by atoms with Gasteiger partial charge in [-0.1, -0.05) is 25.9 Å². The van der Waals surface area contributed by atoms with E-state index in [1.54, 1.807) is 12.1 Å². The lowest BCUT2D eigenvalue weighted by Crippen LogP contribution is -2.34. The Morgan fingerprint density at radius 1 is 1.19 bits per heavy atom. The predicted octanol–water partition coefficient (Wildman–Crippen LogP) is 3.61. The van der Waals surface area contributed by atoms with E-state index in [0.29, 0.717) is 17.6 Å². The van der Waals surface area contributed by atoms with Crippen molar-refractivity contribution in [3.05, 3.63) is 36.0 Å². The van der Waals surface area contributed by atoms with Crippen LogP contribution in [0.1, 0.15) is 39.5 Å². The largest absolute Gasteiger partial charge is 0.339 e. The molecule has 0 radical (unpaired) electrons. The van der Waals surface area contributed by atoms with Crippen LogP contribution in [0.3, 0.4) is 0 Å². The maximum Gasteiger partial charge on any atom is 0.231 e. The molecule has 2 atom stereocenters. The van der Waals surface area contributed by atoms with Gasteiger partial charge < -0.3 is 9.84 Å². The lowest BCUT2D eigenvalue weighted by atomic mass is 9.89. The molecule has 5 heteroatoms. The average Bonchev–Trinajstić information content (AvgIpc) is 2.89. The zero-order valence-corrected chi connectivity index (χ0v) is 12.9. The van der Waals surface area contributed by atoms with Crippen LogP contribution in [0.2, 0.25) is 0 Å². The minimum absolute atomic E-state index is 0.145. The number of halogens is 1. The van der Waals surface area contributed by atoms with Crippen molar-refractivity contribution in [2.45, 2.75) is 39.7 Å². The van der Waals surface area contributed by atoms with E-state index in [0.717, 1.165) is 12.1 Å². The number of aromatic nitrogens is 2. The van der Waals surface area contributed by atoms with E-state index >= 15 is 0 Å². The molecule has 2 unspecified atom stereocenters. The molecule has 21 heavy (non-hydrogen) atoms. The fraction of sp³-hybridized carbons (Fsp3) is 0.500. The summed E-state index contributed by atoms with van der Waals surface area (Å²) in [5, 5.41) is 7.43. The summed E-state index contributed by atoms with van der Waals surface area (Å²) in [5.41, 5.74) is 0.755. The first-order chi connectivity index (χ1) is 10.0. The Bertz CT molecular complexity index is 565. The molecule has 0 aliphatic rings. The Hall–Kier alpha value is -1.75. The number of hydrogen-bond acceptors (Lipinski definition) is 4. The van der Waals surface area contributed by atoms with Gasteiger partial charge in [0.15, 0.2) is 0 Å². The molecule has 0 fully saturated rings. The summed E-state index contributed by atoms with van der Waals surface area (Å²) in [6.45, 7) is 9.37. The number of hydrogen-bond donors (Lipinski definition) is 1. The van der Waals surface area contributed by atoms with Crippen LogP contribution >= 0.6 is 0 Å². The molecule has 0 aliphatic carbocycles. The van der Waals surface area contributed by atoms with Gasteiger partial charge in [-0.3, -0.25) is 0 Å². The molecule has 2 rings (SSSR count). The molecule has 0 aliphatic heterocycles. The Balaban J connectivity index is 2.26. The summed E-state index contributed by atoms with van der Waals surface area (Å²) in [7, 11) is 0. The smallest absolute Gasteiger partial charge is 0.231 e. The van der Waals surface area contributed by atoms with Crippen molar-refractivity contribution in [1.29, 1.82) is 0 Å². The Morgan fingerprint density at radius 3 is 2.43 bits per heavy atom. The number of nitrogens with zero attached hydrogens (tertiary/aromatic N) is 2. The Morgan fingerprint density at radius 2 is 1.86 bits per heavy atom. The van der Waals surface area contributed by atoms with Crippen LogP contribution in [-0.2, 0) is 0 Å². The van der Waals surface area contributed by atoms with Gasteiger partial charge in [-0.25, -0.2) is 4.39 Å². The van der Waals surface area contributed by atoms with Crippen molar-refractivity contribution >= 4 is 0 Å². The molecule has 0 spiro atoms. The third-order valence-corrected chi connectivity index (χ3v) is 3.61. The van der Waals surface area contributed by atoms with Gasteiger partial charge in [-0.2, -0.15) is 4.98 Å². The summed E-state index contributed by atoms with van der Waals surface area (Å²) < 4.78 is 18.4. The van der Waals surface area contributed by atoms with E-state index in [9.17, 15) is 4.39 Å². The minimum atomic E-state index is -0.275. The van der Waals surface area contributed by atoms with Gasteiger partial charge in [0.2, 0.25) is 11.7 Å². The molecule has 114 valence electrons. The van der Waals surface area contributed by atoms with Crippen LogP contribution in [0.5, 0.6) is 0 Å². The summed E-state index contributed by atoms with van der Waals surface area (Å²) in [5.74, 6) is 1.37. The number of nitrogens with one attached hydrogen (secondary N) is 1. The first kappa shape index (κ1) is 15.6. The highest BCUT2D eigenvalue weighted by molar-refractivity contribution is 5.53. The van der Waals surface area contributed by atoms with Crippen molar-refractivity contribution in [3.63, 3.8) is 0 Å². The standard InChI is InChI=1S/C16H22FN3O/c1-5-18-11(4)14(10(2)3)16-19-15(20-21-16)12-6-8-13(17)9-7-12/h6-11,14,18H,5H2,1-4H3.